The summed E-state index contributed by atoms with van der Waals surface area (Å²) in [6, 6.07) is 10.2. The molecule has 0 radical (unpaired) electrons. The van der Waals surface area contributed by atoms with E-state index in [1.807, 2.05) is 37.2 Å². The van der Waals surface area contributed by atoms with Crippen molar-refractivity contribution in [2.75, 3.05) is 33.7 Å². The van der Waals surface area contributed by atoms with Crippen LogP contribution in [0.3, 0.4) is 0 Å². The Morgan fingerprint density at radius 2 is 1.80 bits per heavy atom. The Kier molecular flexibility index (Phi) is 7.92. The van der Waals surface area contributed by atoms with E-state index in [4.69, 9.17) is 5.73 Å². The number of unbranched alkanes of at least 4 members (excludes halogenated alkanes) is 1. The van der Waals surface area contributed by atoms with Gasteiger partial charge >= 0.3 is 0 Å². The predicted octanol–water partition coefficient (Wildman–Crippen LogP) is 1.71. The molecule has 1 amide bonds. The van der Waals surface area contributed by atoms with Crippen molar-refractivity contribution in [3.8, 4) is 0 Å². The Balaban J connectivity index is 2.57. The minimum atomic E-state index is 0.226. The number of likely N-dealkylation sites (N-methyl/N-ethyl adjacent to an activating group) is 1. The molecule has 1 rings (SSSR count). The molecular formula is C16H27N3O. The van der Waals surface area contributed by atoms with Crippen molar-refractivity contribution in [2.45, 2.75) is 25.8 Å². The van der Waals surface area contributed by atoms with Crippen molar-refractivity contribution in [1.82, 2.24) is 9.80 Å². The maximum absolute atomic E-state index is 12.3. The average Bonchev–Trinajstić information content (AvgIpc) is 2.44. The van der Waals surface area contributed by atoms with Gasteiger partial charge in [-0.1, -0.05) is 30.3 Å². The molecule has 0 unspecified atom stereocenters. The SMILES string of the molecule is CN(C)CCN(Cc1ccccc1)C(=O)CCCCN. The van der Waals surface area contributed by atoms with Crippen molar-refractivity contribution >= 4 is 5.91 Å². The van der Waals surface area contributed by atoms with Crippen LogP contribution in [0.1, 0.15) is 24.8 Å². The summed E-state index contributed by atoms with van der Waals surface area (Å²) in [4.78, 5) is 16.4. The van der Waals surface area contributed by atoms with Crippen LogP contribution in [0.25, 0.3) is 0 Å². The van der Waals surface area contributed by atoms with Gasteiger partial charge in [-0.3, -0.25) is 4.79 Å². The molecule has 0 atom stereocenters. The summed E-state index contributed by atoms with van der Waals surface area (Å²) in [7, 11) is 4.05. The fourth-order valence-electron chi connectivity index (χ4n) is 2.00. The first-order valence-electron chi connectivity index (χ1n) is 7.30. The molecule has 0 spiro atoms. The summed E-state index contributed by atoms with van der Waals surface area (Å²) < 4.78 is 0. The maximum atomic E-state index is 12.3. The molecule has 20 heavy (non-hydrogen) atoms. The standard InChI is InChI=1S/C16H27N3O/c1-18(2)12-13-19(16(20)10-6-7-11-17)14-15-8-4-3-5-9-15/h3-5,8-9H,6-7,10-14,17H2,1-2H3. The number of carbonyl (C=O) groups is 1. The first-order chi connectivity index (χ1) is 9.63. The third kappa shape index (κ3) is 6.68. The van der Waals surface area contributed by atoms with Crippen LogP contribution < -0.4 is 5.73 Å². The predicted molar refractivity (Wildman–Crippen MR) is 83.3 cm³/mol. The lowest BCUT2D eigenvalue weighted by molar-refractivity contribution is -0.132. The second-order valence-corrected chi connectivity index (χ2v) is 5.35. The zero-order chi connectivity index (χ0) is 14.8. The Morgan fingerprint density at radius 1 is 1.10 bits per heavy atom. The lowest BCUT2D eigenvalue weighted by atomic mass is 10.2. The van der Waals surface area contributed by atoms with Crippen LogP contribution in [0, 0.1) is 0 Å². The number of rotatable bonds is 9. The highest BCUT2D eigenvalue weighted by atomic mass is 16.2. The zero-order valence-corrected chi connectivity index (χ0v) is 12.7. The highest BCUT2D eigenvalue weighted by Crippen LogP contribution is 2.08. The van der Waals surface area contributed by atoms with Crippen LogP contribution in [0.4, 0.5) is 0 Å². The molecule has 2 N–H and O–H groups in total. The Labute approximate surface area is 122 Å². The molecule has 0 aromatic heterocycles. The second kappa shape index (κ2) is 9.50. The molecule has 0 saturated heterocycles. The van der Waals surface area contributed by atoms with Crippen molar-refractivity contribution in [3.05, 3.63) is 35.9 Å². The van der Waals surface area contributed by atoms with E-state index in [-0.39, 0.29) is 5.91 Å². The molecule has 0 saturated carbocycles. The first kappa shape index (κ1) is 16.7. The lowest BCUT2D eigenvalue weighted by Crippen LogP contribution is -2.36. The van der Waals surface area contributed by atoms with Crippen LogP contribution in [0.15, 0.2) is 30.3 Å². The molecule has 1 aromatic carbocycles. The van der Waals surface area contributed by atoms with E-state index in [0.29, 0.717) is 19.5 Å². The minimum Gasteiger partial charge on any atom is -0.337 e. The smallest absolute Gasteiger partial charge is 0.222 e. The van der Waals surface area contributed by atoms with E-state index in [0.717, 1.165) is 25.9 Å². The Hall–Kier alpha value is -1.39. The molecule has 0 heterocycles. The summed E-state index contributed by atoms with van der Waals surface area (Å²) in [5.74, 6) is 0.226. The normalized spacial score (nSPS) is 10.8. The highest BCUT2D eigenvalue weighted by Gasteiger charge is 2.13. The molecular weight excluding hydrogens is 250 g/mol. The molecule has 0 aliphatic rings. The minimum absolute atomic E-state index is 0.226. The molecule has 112 valence electrons. The highest BCUT2D eigenvalue weighted by molar-refractivity contribution is 5.76. The number of benzene rings is 1. The quantitative estimate of drug-likeness (QED) is 0.699. The summed E-state index contributed by atoms with van der Waals surface area (Å²) in [6.07, 6.45) is 2.39. The van der Waals surface area contributed by atoms with Crippen molar-refractivity contribution in [2.24, 2.45) is 5.73 Å². The van der Waals surface area contributed by atoms with E-state index in [9.17, 15) is 4.79 Å². The number of carbonyl (C=O) groups excluding carboxylic acids is 1. The van der Waals surface area contributed by atoms with Gasteiger partial charge in [0.25, 0.3) is 0 Å². The summed E-state index contributed by atoms with van der Waals surface area (Å²) >= 11 is 0. The maximum Gasteiger partial charge on any atom is 0.222 e. The molecule has 1 aromatic rings. The fraction of sp³-hybridized carbons (Fsp3) is 0.562. The van der Waals surface area contributed by atoms with E-state index in [1.165, 1.54) is 5.56 Å². The van der Waals surface area contributed by atoms with Crippen molar-refractivity contribution < 1.29 is 4.79 Å². The lowest BCUT2D eigenvalue weighted by Gasteiger charge is -2.24. The van der Waals surface area contributed by atoms with Gasteiger partial charge in [-0.2, -0.15) is 0 Å². The average molecular weight is 277 g/mol. The van der Waals surface area contributed by atoms with Gasteiger partial charge in [0.1, 0.15) is 0 Å². The largest absolute Gasteiger partial charge is 0.337 e. The molecule has 0 bridgehead atoms. The zero-order valence-electron chi connectivity index (χ0n) is 12.7. The van der Waals surface area contributed by atoms with Crippen LogP contribution >= 0.6 is 0 Å². The number of hydrogen-bond acceptors (Lipinski definition) is 3. The summed E-state index contributed by atoms with van der Waals surface area (Å²) in [5.41, 5.74) is 6.66. The molecule has 4 nitrogen and oxygen atoms in total. The summed E-state index contributed by atoms with van der Waals surface area (Å²) in [5, 5.41) is 0. The van der Waals surface area contributed by atoms with E-state index in [2.05, 4.69) is 17.0 Å². The van der Waals surface area contributed by atoms with Gasteiger partial charge in [-0.15, -0.1) is 0 Å². The van der Waals surface area contributed by atoms with Gasteiger partial charge in [0, 0.05) is 26.1 Å². The Bertz CT molecular complexity index is 379. The molecule has 0 aliphatic carbocycles. The van der Waals surface area contributed by atoms with E-state index < -0.39 is 0 Å². The fourth-order valence-corrected chi connectivity index (χ4v) is 2.00. The van der Waals surface area contributed by atoms with Gasteiger partial charge in [0.15, 0.2) is 0 Å². The van der Waals surface area contributed by atoms with Crippen LogP contribution in [-0.2, 0) is 11.3 Å². The van der Waals surface area contributed by atoms with Crippen LogP contribution in [0.5, 0.6) is 0 Å². The van der Waals surface area contributed by atoms with E-state index >= 15 is 0 Å². The topological polar surface area (TPSA) is 49.6 Å². The van der Waals surface area contributed by atoms with Crippen LogP contribution in [0.2, 0.25) is 0 Å². The van der Waals surface area contributed by atoms with Gasteiger partial charge in [0.2, 0.25) is 5.91 Å². The number of nitrogens with two attached hydrogens (primary N) is 1. The molecule has 0 fully saturated rings. The number of nitrogens with zero attached hydrogens (tertiary/aromatic N) is 2. The molecule has 0 aliphatic heterocycles. The molecule has 4 heteroatoms. The monoisotopic (exact) mass is 277 g/mol. The van der Waals surface area contributed by atoms with Crippen molar-refractivity contribution in [3.63, 3.8) is 0 Å². The number of amides is 1. The Morgan fingerprint density at radius 3 is 2.40 bits per heavy atom. The van der Waals surface area contributed by atoms with Crippen LogP contribution in [-0.4, -0.2) is 49.4 Å². The van der Waals surface area contributed by atoms with Gasteiger partial charge in [-0.05, 0) is 39.0 Å². The second-order valence-electron chi connectivity index (χ2n) is 5.35. The van der Waals surface area contributed by atoms with Gasteiger partial charge in [0.05, 0.1) is 0 Å². The van der Waals surface area contributed by atoms with Gasteiger partial charge in [-0.25, -0.2) is 0 Å². The summed E-state index contributed by atoms with van der Waals surface area (Å²) in [6.45, 7) is 3.00. The third-order valence-electron chi connectivity index (χ3n) is 3.23. The van der Waals surface area contributed by atoms with Gasteiger partial charge < -0.3 is 15.5 Å². The third-order valence-corrected chi connectivity index (χ3v) is 3.23. The van der Waals surface area contributed by atoms with E-state index in [1.54, 1.807) is 0 Å². The first-order valence-corrected chi connectivity index (χ1v) is 7.30. The number of hydrogen-bond donors (Lipinski definition) is 1. The van der Waals surface area contributed by atoms with Crippen molar-refractivity contribution in [1.29, 1.82) is 0 Å².